The number of hydrogen-bond acceptors (Lipinski definition) is 2. The van der Waals surface area contributed by atoms with Crippen LogP contribution in [0.4, 0.5) is 10.1 Å². The zero-order chi connectivity index (χ0) is 14.1. The first kappa shape index (κ1) is 12.3. The van der Waals surface area contributed by atoms with Crippen LogP contribution in [0.5, 0.6) is 0 Å². The molecule has 1 amide bonds. The maximum absolute atomic E-state index is 13.7. The van der Waals surface area contributed by atoms with Crippen molar-refractivity contribution in [2.24, 2.45) is 0 Å². The van der Waals surface area contributed by atoms with E-state index in [0.717, 1.165) is 10.9 Å². The lowest BCUT2D eigenvalue weighted by Gasteiger charge is -2.08. The highest BCUT2D eigenvalue weighted by atomic mass is 19.1. The van der Waals surface area contributed by atoms with Crippen molar-refractivity contribution in [2.75, 3.05) is 5.32 Å². The number of aromatic nitrogens is 2. The molecule has 20 heavy (non-hydrogen) atoms. The van der Waals surface area contributed by atoms with Gasteiger partial charge in [0, 0.05) is 11.1 Å². The number of aryl methyl sites for hydroxylation is 1. The van der Waals surface area contributed by atoms with E-state index in [1.54, 1.807) is 37.4 Å². The predicted molar refractivity (Wildman–Crippen MR) is 75.2 cm³/mol. The number of carbonyl (C=O) groups is 1. The normalized spacial score (nSPS) is 10.7. The van der Waals surface area contributed by atoms with E-state index in [9.17, 15) is 9.18 Å². The molecule has 0 atom stereocenters. The number of anilines is 1. The Morgan fingerprint density at radius 3 is 2.95 bits per heavy atom. The number of nitrogens with zero attached hydrogens (tertiary/aromatic N) is 1. The summed E-state index contributed by atoms with van der Waals surface area (Å²) in [6.07, 6.45) is 1.70. The molecule has 3 aromatic rings. The summed E-state index contributed by atoms with van der Waals surface area (Å²) in [6.45, 7) is 1.70. The quantitative estimate of drug-likeness (QED) is 0.750. The topological polar surface area (TPSA) is 57.8 Å². The van der Waals surface area contributed by atoms with E-state index in [0.29, 0.717) is 11.3 Å². The van der Waals surface area contributed by atoms with Crippen LogP contribution in [-0.2, 0) is 0 Å². The molecular weight excluding hydrogens is 257 g/mol. The van der Waals surface area contributed by atoms with Gasteiger partial charge in [0.15, 0.2) is 0 Å². The molecule has 5 heteroatoms. The summed E-state index contributed by atoms with van der Waals surface area (Å²) >= 11 is 0. The van der Waals surface area contributed by atoms with Gasteiger partial charge in [0.2, 0.25) is 0 Å². The van der Waals surface area contributed by atoms with E-state index in [1.807, 2.05) is 6.07 Å². The second-order valence-electron chi connectivity index (χ2n) is 4.56. The van der Waals surface area contributed by atoms with Crippen LogP contribution >= 0.6 is 0 Å². The summed E-state index contributed by atoms with van der Waals surface area (Å²) in [6, 6.07) is 9.92. The van der Waals surface area contributed by atoms with Crippen LogP contribution < -0.4 is 5.32 Å². The summed E-state index contributed by atoms with van der Waals surface area (Å²) < 4.78 is 13.7. The molecule has 0 aliphatic heterocycles. The van der Waals surface area contributed by atoms with E-state index in [4.69, 9.17) is 0 Å². The standard InChI is InChI=1S/C15H12FN3O/c1-9-3-2-4-12(16)14(9)15(20)18-11-6-5-10-8-17-19-13(10)7-11/h2-8H,1H3,(H,17,19)(H,18,20). The molecule has 4 nitrogen and oxygen atoms in total. The largest absolute Gasteiger partial charge is 0.322 e. The van der Waals surface area contributed by atoms with Gasteiger partial charge in [0.25, 0.3) is 5.91 Å². The number of nitrogens with one attached hydrogen (secondary N) is 2. The van der Waals surface area contributed by atoms with Gasteiger partial charge in [-0.15, -0.1) is 0 Å². The summed E-state index contributed by atoms with van der Waals surface area (Å²) in [5.74, 6) is -0.982. The minimum absolute atomic E-state index is 0.0669. The Kier molecular flexibility index (Phi) is 2.95. The van der Waals surface area contributed by atoms with Gasteiger partial charge in [-0.2, -0.15) is 5.10 Å². The van der Waals surface area contributed by atoms with Crippen LogP contribution in [0, 0.1) is 12.7 Å². The Morgan fingerprint density at radius 1 is 1.30 bits per heavy atom. The Hall–Kier alpha value is -2.69. The Labute approximate surface area is 114 Å². The highest BCUT2D eigenvalue weighted by molar-refractivity contribution is 6.06. The summed E-state index contributed by atoms with van der Waals surface area (Å²) in [5, 5.41) is 10.4. The number of carbonyl (C=O) groups excluding carboxylic acids is 1. The molecule has 0 saturated heterocycles. The number of hydrogen-bond donors (Lipinski definition) is 2. The first-order chi connectivity index (χ1) is 9.65. The van der Waals surface area contributed by atoms with Gasteiger partial charge >= 0.3 is 0 Å². The Morgan fingerprint density at radius 2 is 2.15 bits per heavy atom. The van der Waals surface area contributed by atoms with Crippen molar-refractivity contribution in [3.63, 3.8) is 0 Å². The molecule has 0 bridgehead atoms. The zero-order valence-corrected chi connectivity index (χ0v) is 10.8. The molecule has 100 valence electrons. The highest BCUT2D eigenvalue weighted by Gasteiger charge is 2.14. The van der Waals surface area contributed by atoms with Crippen LogP contribution in [0.15, 0.2) is 42.6 Å². The summed E-state index contributed by atoms with van der Waals surface area (Å²) in [5.41, 5.74) is 2.07. The van der Waals surface area contributed by atoms with Gasteiger partial charge in [-0.3, -0.25) is 9.89 Å². The van der Waals surface area contributed by atoms with Gasteiger partial charge in [-0.1, -0.05) is 12.1 Å². The van der Waals surface area contributed by atoms with E-state index >= 15 is 0 Å². The number of H-pyrrole nitrogens is 1. The SMILES string of the molecule is Cc1cccc(F)c1C(=O)Nc1ccc2cn[nH]c2c1. The average Bonchev–Trinajstić information content (AvgIpc) is 2.85. The predicted octanol–water partition coefficient (Wildman–Crippen LogP) is 3.26. The molecule has 2 aromatic carbocycles. The lowest BCUT2D eigenvalue weighted by Crippen LogP contribution is -2.15. The van der Waals surface area contributed by atoms with Gasteiger partial charge in [0.1, 0.15) is 5.82 Å². The molecule has 0 unspecified atom stereocenters. The molecule has 0 aliphatic carbocycles. The monoisotopic (exact) mass is 269 g/mol. The second-order valence-corrected chi connectivity index (χ2v) is 4.56. The summed E-state index contributed by atoms with van der Waals surface area (Å²) in [7, 11) is 0. The Balaban J connectivity index is 1.92. The van der Waals surface area contributed by atoms with Crippen molar-refractivity contribution in [3.8, 4) is 0 Å². The van der Waals surface area contributed by atoms with Crippen molar-refractivity contribution >= 4 is 22.5 Å². The molecule has 0 fully saturated rings. The van der Waals surface area contributed by atoms with Crippen molar-refractivity contribution in [3.05, 3.63) is 59.5 Å². The second kappa shape index (κ2) is 4.77. The van der Waals surface area contributed by atoms with Crippen LogP contribution in [0.2, 0.25) is 0 Å². The van der Waals surface area contributed by atoms with Gasteiger partial charge in [-0.25, -0.2) is 4.39 Å². The molecule has 3 rings (SSSR count). The zero-order valence-electron chi connectivity index (χ0n) is 10.8. The minimum Gasteiger partial charge on any atom is -0.322 e. The fourth-order valence-corrected chi connectivity index (χ4v) is 2.13. The number of halogens is 1. The number of amides is 1. The smallest absolute Gasteiger partial charge is 0.258 e. The fraction of sp³-hybridized carbons (Fsp3) is 0.0667. The highest BCUT2D eigenvalue weighted by Crippen LogP contribution is 2.19. The Bertz CT molecular complexity index is 774. The number of rotatable bonds is 2. The van der Waals surface area contributed by atoms with Crippen LogP contribution in [-0.4, -0.2) is 16.1 Å². The number of benzene rings is 2. The van der Waals surface area contributed by atoms with Gasteiger partial charge < -0.3 is 5.32 Å². The molecule has 1 heterocycles. The number of fused-ring (bicyclic) bond motifs is 1. The van der Waals surface area contributed by atoms with Crippen molar-refractivity contribution in [2.45, 2.75) is 6.92 Å². The summed E-state index contributed by atoms with van der Waals surface area (Å²) in [4.78, 5) is 12.2. The van der Waals surface area contributed by atoms with Gasteiger partial charge in [-0.05, 0) is 36.8 Å². The third-order valence-corrected chi connectivity index (χ3v) is 3.15. The fourth-order valence-electron chi connectivity index (χ4n) is 2.13. The molecule has 0 saturated carbocycles. The van der Waals surface area contributed by atoms with Crippen LogP contribution in [0.3, 0.4) is 0 Å². The van der Waals surface area contributed by atoms with E-state index in [-0.39, 0.29) is 5.56 Å². The molecule has 1 aromatic heterocycles. The van der Waals surface area contributed by atoms with E-state index in [1.165, 1.54) is 6.07 Å². The average molecular weight is 269 g/mol. The molecule has 0 aliphatic rings. The maximum atomic E-state index is 13.7. The van der Waals surface area contributed by atoms with Crippen LogP contribution in [0.1, 0.15) is 15.9 Å². The third kappa shape index (κ3) is 2.14. The lowest BCUT2D eigenvalue weighted by molar-refractivity contribution is 0.102. The lowest BCUT2D eigenvalue weighted by atomic mass is 10.1. The first-order valence-corrected chi connectivity index (χ1v) is 6.15. The van der Waals surface area contributed by atoms with Crippen molar-refractivity contribution in [1.29, 1.82) is 0 Å². The van der Waals surface area contributed by atoms with Crippen LogP contribution in [0.25, 0.3) is 10.9 Å². The number of aromatic amines is 1. The van der Waals surface area contributed by atoms with Crippen molar-refractivity contribution in [1.82, 2.24) is 10.2 Å². The third-order valence-electron chi connectivity index (χ3n) is 3.15. The molecule has 2 N–H and O–H groups in total. The van der Waals surface area contributed by atoms with Crippen molar-refractivity contribution < 1.29 is 9.18 Å². The minimum atomic E-state index is -0.523. The van der Waals surface area contributed by atoms with E-state index < -0.39 is 11.7 Å². The van der Waals surface area contributed by atoms with E-state index in [2.05, 4.69) is 15.5 Å². The molecule has 0 radical (unpaired) electrons. The maximum Gasteiger partial charge on any atom is 0.258 e. The van der Waals surface area contributed by atoms with Gasteiger partial charge in [0.05, 0.1) is 17.3 Å². The molecule has 0 spiro atoms. The molecular formula is C15H12FN3O. The first-order valence-electron chi connectivity index (χ1n) is 6.15.